The van der Waals surface area contributed by atoms with E-state index in [1.165, 1.54) is 5.56 Å². The summed E-state index contributed by atoms with van der Waals surface area (Å²) in [4.78, 5) is 28.7. The molecule has 1 aromatic rings. The fourth-order valence-corrected chi connectivity index (χ4v) is 4.49. The Labute approximate surface area is 146 Å². The molecule has 3 saturated heterocycles. The van der Waals surface area contributed by atoms with Crippen molar-refractivity contribution in [1.82, 2.24) is 15.1 Å². The van der Waals surface area contributed by atoms with Crippen LogP contribution >= 0.6 is 11.6 Å². The minimum absolute atomic E-state index is 0.00605. The minimum atomic E-state index is -0.313. The first-order chi connectivity index (χ1) is 11.6. The topological polar surface area (TPSA) is 52.7 Å². The molecule has 2 bridgehead atoms. The third-order valence-electron chi connectivity index (χ3n) is 5.44. The molecule has 0 aromatic heterocycles. The van der Waals surface area contributed by atoms with E-state index in [4.69, 9.17) is 11.6 Å². The molecule has 3 aliphatic rings. The molecule has 1 aromatic carbocycles. The highest BCUT2D eigenvalue weighted by Gasteiger charge is 2.46. The molecule has 3 aliphatic heterocycles. The minimum Gasteiger partial charge on any atom is -0.344 e. The van der Waals surface area contributed by atoms with Gasteiger partial charge in [0.25, 0.3) is 0 Å². The van der Waals surface area contributed by atoms with Crippen molar-refractivity contribution >= 4 is 23.4 Å². The Hall–Kier alpha value is -1.59. The van der Waals surface area contributed by atoms with Crippen LogP contribution in [0.25, 0.3) is 0 Å². The molecule has 0 radical (unpaired) electrons. The second-order valence-electron chi connectivity index (χ2n) is 7.11. The number of fused-ring (bicyclic) bond motifs is 2. The van der Waals surface area contributed by atoms with Crippen LogP contribution in [0.2, 0.25) is 5.02 Å². The molecule has 6 heteroatoms. The molecule has 4 rings (SSSR count). The van der Waals surface area contributed by atoms with Crippen molar-refractivity contribution in [3.63, 3.8) is 0 Å². The first-order valence-electron chi connectivity index (χ1n) is 8.68. The first-order valence-corrected chi connectivity index (χ1v) is 9.06. The molecule has 2 amide bonds. The zero-order chi connectivity index (χ0) is 16.7. The molecular formula is C18H22ClN3O2. The maximum absolute atomic E-state index is 12.7. The number of halogens is 1. The summed E-state index contributed by atoms with van der Waals surface area (Å²) in [6.07, 6.45) is 3.16. The van der Waals surface area contributed by atoms with E-state index >= 15 is 0 Å². The van der Waals surface area contributed by atoms with Gasteiger partial charge in [-0.3, -0.25) is 14.5 Å². The number of piperidine rings is 1. The number of hydrogen-bond acceptors (Lipinski definition) is 3. The van der Waals surface area contributed by atoms with E-state index in [0.29, 0.717) is 12.5 Å². The van der Waals surface area contributed by atoms with Gasteiger partial charge in [-0.05, 0) is 37.0 Å². The molecular weight excluding hydrogens is 326 g/mol. The Balaban J connectivity index is 1.37. The van der Waals surface area contributed by atoms with Crippen molar-refractivity contribution in [2.45, 2.75) is 50.4 Å². The Morgan fingerprint density at radius 3 is 2.88 bits per heavy atom. The van der Waals surface area contributed by atoms with Crippen LogP contribution in [0.5, 0.6) is 0 Å². The second kappa shape index (κ2) is 6.37. The van der Waals surface area contributed by atoms with Gasteiger partial charge in [0.1, 0.15) is 6.04 Å². The lowest BCUT2D eigenvalue weighted by Crippen LogP contribution is -2.55. The zero-order valence-corrected chi connectivity index (χ0v) is 14.3. The Morgan fingerprint density at radius 2 is 2.17 bits per heavy atom. The van der Waals surface area contributed by atoms with Crippen molar-refractivity contribution in [2.24, 2.45) is 0 Å². The van der Waals surface area contributed by atoms with Gasteiger partial charge in [0.15, 0.2) is 0 Å². The van der Waals surface area contributed by atoms with E-state index in [-0.39, 0.29) is 23.9 Å². The molecule has 0 saturated carbocycles. The van der Waals surface area contributed by atoms with Gasteiger partial charge >= 0.3 is 0 Å². The van der Waals surface area contributed by atoms with E-state index in [0.717, 1.165) is 43.9 Å². The average Bonchev–Trinajstić information content (AvgIpc) is 3.14. The number of nitrogens with zero attached hydrogens (tertiary/aromatic N) is 2. The number of nitrogens with one attached hydrogen (secondary N) is 1. The Morgan fingerprint density at radius 1 is 1.29 bits per heavy atom. The largest absolute Gasteiger partial charge is 0.344 e. The van der Waals surface area contributed by atoms with E-state index in [9.17, 15) is 9.59 Å². The van der Waals surface area contributed by atoms with Gasteiger partial charge in [-0.15, -0.1) is 0 Å². The quantitative estimate of drug-likeness (QED) is 0.907. The first kappa shape index (κ1) is 15.9. The molecule has 24 heavy (non-hydrogen) atoms. The van der Waals surface area contributed by atoms with Gasteiger partial charge < -0.3 is 10.2 Å². The van der Waals surface area contributed by atoms with Crippen LogP contribution in [-0.4, -0.2) is 52.8 Å². The monoisotopic (exact) mass is 347 g/mol. The van der Waals surface area contributed by atoms with Crippen molar-refractivity contribution in [2.75, 3.05) is 13.1 Å². The van der Waals surface area contributed by atoms with Crippen LogP contribution in [0.1, 0.15) is 31.2 Å². The molecule has 0 unspecified atom stereocenters. The second-order valence-corrected chi connectivity index (χ2v) is 7.54. The summed E-state index contributed by atoms with van der Waals surface area (Å²) in [5, 5.41) is 3.62. The van der Waals surface area contributed by atoms with Crippen LogP contribution < -0.4 is 5.32 Å². The predicted octanol–water partition coefficient (Wildman–Crippen LogP) is 1.79. The summed E-state index contributed by atoms with van der Waals surface area (Å²) in [5.74, 6) is 0.115. The molecule has 1 N–H and O–H groups in total. The number of likely N-dealkylation sites (tertiary alicyclic amines) is 2. The SMILES string of the molecule is O=C1CCC[C@H](C(=O)N2C[C@@H]3C[C@H]2CN3Cc2cccc(Cl)c2)N1. The number of rotatable bonds is 3. The summed E-state index contributed by atoms with van der Waals surface area (Å²) >= 11 is 6.07. The van der Waals surface area contributed by atoms with Gasteiger partial charge in [0.05, 0.1) is 0 Å². The zero-order valence-electron chi connectivity index (χ0n) is 13.6. The third kappa shape index (κ3) is 3.03. The Bertz CT molecular complexity index is 665. The van der Waals surface area contributed by atoms with Crippen LogP contribution in [-0.2, 0) is 16.1 Å². The van der Waals surface area contributed by atoms with E-state index < -0.39 is 0 Å². The van der Waals surface area contributed by atoms with E-state index in [2.05, 4.69) is 16.3 Å². The Kier molecular flexibility index (Phi) is 4.22. The fourth-order valence-electron chi connectivity index (χ4n) is 4.27. The lowest BCUT2D eigenvalue weighted by Gasteiger charge is -2.36. The normalized spacial score (nSPS) is 29.8. The van der Waals surface area contributed by atoms with E-state index in [1.807, 2.05) is 23.1 Å². The lowest BCUT2D eigenvalue weighted by atomic mass is 10.0. The standard InChI is InChI=1S/C18H22ClN3O2/c19-13-4-1-3-12(7-13)9-21-10-15-8-14(21)11-22(15)18(24)16-5-2-6-17(23)20-16/h1,3-4,7,14-16H,2,5-6,8-11H2,(H,20,23)/t14-,15-,16+/m0/s1. The number of piperazine rings is 1. The summed E-state index contributed by atoms with van der Waals surface area (Å²) in [7, 11) is 0. The van der Waals surface area contributed by atoms with Gasteiger partial charge in [-0.25, -0.2) is 0 Å². The summed E-state index contributed by atoms with van der Waals surface area (Å²) in [6, 6.07) is 8.35. The molecule has 0 aliphatic carbocycles. The highest BCUT2D eigenvalue weighted by molar-refractivity contribution is 6.30. The molecule has 0 spiro atoms. The number of amides is 2. The smallest absolute Gasteiger partial charge is 0.245 e. The van der Waals surface area contributed by atoms with Crippen molar-refractivity contribution in [3.8, 4) is 0 Å². The summed E-state index contributed by atoms with van der Waals surface area (Å²) < 4.78 is 0. The number of hydrogen-bond donors (Lipinski definition) is 1. The van der Waals surface area contributed by atoms with Crippen LogP contribution in [0, 0.1) is 0 Å². The van der Waals surface area contributed by atoms with Crippen LogP contribution in [0.4, 0.5) is 0 Å². The average molecular weight is 348 g/mol. The van der Waals surface area contributed by atoms with Crippen molar-refractivity contribution in [1.29, 1.82) is 0 Å². The fraction of sp³-hybridized carbons (Fsp3) is 0.556. The van der Waals surface area contributed by atoms with Gasteiger partial charge in [-0.2, -0.15) is 0 Å². The molecule has 3 atom stereocenters. The van der Waals surface area contributed by atoms with Crippen LogP contribution in [0.15, 0.2) is 24.3 Å². The number of carbonyl (C=O) groups excluding carboxylic acids is 2. The number of benzene rings is 1. The van der Waals surface area contributed by atoms with Gasteiger partial charge in [-0.1, -0.05) is 23.7 Å². The summed E-state index contributed by atoms with van der Waals surface area (Å²) in [6.45, 7) is 2.56. The van der Waals surface area contributed by atoms with Crippen LogP contribution in [0.3, 0.4) is 0 Å². The molecule has 3 heterocycles. The van der Waals surface area contributed by atoms with E-state index in [1.54, 1.807) is 0 Å². The summed E-state index contributed by atoms with van der Waals surface area (Å²) in [5.41, 5.74) is 1.22. The maximum atomic E-state index is 12.7. The molecule has 3 fully saturated rings. The molecule has 5 nitrogen and oxygen atoms in total. The number of carbonyl (C=O) groups is 2. The predicted molar refractivity (Wildman–Crippen MR) is 91.5 cm³/mol. The molecule has 128 valence electrons. The van der Waals surface area contributed by atoms with Crippen molar-refractivity contribution < 1.29 is 9.59 Å². The maximum Gasteiger partial charge on any atom is 0.245 e. The van der Waals surface area contributed by atoms with Gasteiger partial charge in [0, 0.05) is 43.2 Å². The van der Waals surface area contributed by atoms with Crippen molar-refractivity contribution in [3.05, 3.63) is 34.9 Å². The highest BCUT2D eigenvalue weighted by Crippen LogP contribution is 2.33. The highest BCUT2D eigenvalue weighted by atomic mass is 35.5. The van der Waals surface area contributed by atoms with Gasteiger partial charge in [0.2, 0.25) is 11.8 Å². The lowest BCUT2D eigenvalue weighted by molar-refractivity contribution is -0.140. The third-order valence-corrected chi connectivity index (χ3v) is 5.68.